The number of hydrogen-bond donors (Lipinski definition) is 1. The normalized spacial score (nSPS) is 12.5. The highest BCUT2D eigenvalue weighted by Crippen LogP contribution is 2.32. The van der Waals surface area contributed by atoms with Gasteiger partial charge in [0.2, 0.25) is 0 Å². The zero-order valence-corrected chi connectivity index (χ0v) is 13.3. The minimum atomic E-state index is -0.489. The molecule has 21 heavy (non-hydrogen) atoms. The summed E-state index contributed by atoms with van der Waals surface area (Å²) < 4.78 is 5.99. The molecule has 0 fully saturated rings. The first kappa shape index (κ1) is 15.6. The second-order valence-corrected chi connectivity index (χ2v) is 5.74. The van der Waals surface area contributed by atoms with E-state index in [0.29, 0.717) is 12.3 Å². The van der Waals surface area contributed by atoms with E-state index in [1.807, 2.05) is 37.3 Å². The molecule has 0 aliphatic heterocycles. The van der Waals surface area contributed by atoms with E-state index in [4.69, 9.17) is 4.74 Å². The smallest absolute Gasteiger partial charge is 0.133 e. The highest BCUT2D eigenvalue weighted by atomic mass is 16.5. The summed E-state index contributed by atoms with van der Waals surface area (Å²) in [4.78, 5) is 0. The summed E-state index contributed by atoms with van der Waals surface area (Å²) >= 11 is 0. The number of hydrogen-bond acceptors (Lipinski definition) is 2. The summed E-state index contributed by atoms with van der Waals surface area (Å²) in [6.45, 7) is 8.45. The summed E-state index contributed by atoms with van der Waals surface area (Å²) in [5.74, 6) is 2.05. The standard InChI is InChI=1S/C19H24O2/c1-5-18(20)17-8-6-7-9-19(17)21-15-10-11-16(13(2)3)14(4)12-15/h6-13,18,20H,5H2,1-4H3/t18-/m1/s1. The highest BCUT2D eigenvalue weighted by molar-refractivity contribution is 5.42. The molecule has 0 bridgehead atoms. The van der Waals surface area contributed by atoms with Crippen LogP contribution < -0.4 is 4.74 Å². The van der Waals surface area contributed by atoms with Gasteiger partial charge in [-0.25, -0.2) is 0 Å². The van der Waals surface area contributed by atoms with E-state index < -0.39 is 6.10 Å². The van der Waals surface area contributed by atoms with E-state index in [1.54, 1.807) is 0 Å². The van der Waals surface area contributed by atoms with Crippen LogP contribution in [-0.4, -0.2) is 5.11 Å². The van der Waals surface area contributed by atoms with Crippen molar-refractivity contribution in [1.29, 1.82) is 0 Å². The molecule has 0 radical (unpaired) electrons. The van der Waals surface area contributed by atoms with Crippen molar-refractivity contribution in [3.05, 3.63) is 59.2 Å². The van der Waals surface area contributed by atoms with E-state index in [0.717, 1.165) is 17.1 Å². The molecule has 112 valence electrons. The second-order valence-electron chi connectivity index (χ2n) is 5.74. The van der Waals surface area contributed by atoms with Gasteiger partial charge in [-0.1, -0.05) is 45.0 Å². The molecule has 0 heterocycles. The summed E-state index contributed by atoms with van der Waals surface area (Å²) in [6, 6.07) is 13.8. The van der Waals surface area contributed by atoms with Gasteiger partial charge in [-0.05, 0) is 48.6 Å². The Hall–Kier alpha value is -1.80. The summed E-state index contributed by atoms with van der Waals surface area (Å²) in [6.07, 6.45) is 0.184. The summed E-state index contributed by atoms with van der Waals surface area (Å²) in [5, 5.41) is 10.1. The third kappa shape index (κ3) is 3.64. The number of benzene rings is 2. The zero-order valence-electron chi connectivity index (χ0n) is 13.3. The van der Waals surface area contributed by atoms with Gasteiger partial charge < -0.3 is 9.84 Å². The van der Waals surface area contributed by atoms with Crippen molar-refractivity contribution in [3.63, 3.8) is 0 Å². The molecule has 1 atom stereocenters. The number of ether oxygens (including phenoxy) is 1. The van der Waals surface area contributed by atoms with Gasteiger partial charge in [-0.2, -0.15) is 0 Å². The van der Waals surface area contributed by atoms with Gasteiger partial charge in [0.1, 0.15) is 11.5 Å². The maximum atomic E-state index is 10.1. The predicted octanol–water partition coefficient (Wildman–Crippen LogP) is 5.35. The van der Waals surface area contributed by atoms with Crippen LogP contribution in [0.5, 0.6) is 11.5 Å². The van der Waals surface area contributed by atoms with Crippen LogP contribution >= 0.6 is 0 Å². The first-order chi connectivity index (χ1) is 10.0. The number of aryl methyl sites for hydroxylation is 1. The lowest BCUT2D eigenvalue weighted by Crippen LogP contribution is -1.99. The van der Waals surface area contributed by atoms with Crippen LogP contribution in [0, 0.1) is 6.92 Å². The first-order valence-corrected chi connectivity index (χ1v) is 7.58. The van der Waals surface area contributed by atoms with E-state index in [1.165, 1.54) is 11.1 Å². The van der Waals surface area contributed by atoms with Crippen molar-refractivity contribution < 1.29 is 9.84 Å². The highest BCUT2D eigenvalue weighted by Gasteiger charge is 2.12. The van der Waals surface area contributed by atoms with Gasteiger partial charge >= 0.3 is 0 Å². The molecule has 2 nitrogen and oxygen atoms in total. The van der Waals surface area contributed by atoms with Crippen LogP contribution in [0.1, 0.15) is 55.9 Å². The van der Waals surface area contributed by atoms with Crippen LogP contribution in [0.2, 0.25) is 0 Å². The lowest BCUT2D eigenvalue weighted by atomic mass is 9.98. The van der Waals surface area contributed by atoms with Crippen LogP contribution in [0.3, 0.4) is 0 Å². The zero-order chi connectivity index (χ0) is 15.4. The fourth-order valence-electron chi connectivity index (χ4n) is 2.56. The minimum absolute atomic E-state index is 0.489. The molecule has 2 heteroatoms. The Morgan fingerprint density at radius 1 is 1.05 bits per heavy atom. The van der Waals surface area contributed by atoms with Crippen LogP contribution in [0.15, 0.2) is 42.5 Å². The molecule has 0 saturated carbocycles. The van der Waals surface area contributed by atoms with E-state index in [2.05, 4.69) is 32.9 Å². The first-order valence-electron chi connectivity index (χ1n) is 7.58. The molecule has 0 spiro atoms. The average molecular weight is 284 g/mol. The Bertz CT molecular complexity index is 602. The maximum Gasteiger partial charge on any atom is 0.133 e. The van der Waals surface area contributed by atoms with Crippen molar-refractivity contribution in [2.24, 2.45) is 0 Å². The van der Waals surface area contributed by atoms with Gasteiger partial charge in [-0.3, -0.25) is 0 Å². The van der Waals surface area contributed by atoms with Crippen molar-refractivity contribution in [3.8, 4) is 11.5 Å². The maximum absolute atomic E-state index is 10.1. The average Bonchev–Trinajstić information content (AvgIpc) is 2.46. The van der Waals surface area contributed by atoms with Crippen molar-refractivity contribution in [1.82, 2.24) is 0 Å². The Balaban J connectivity index is 2.29. The molecule has 0 amide bonds. The summed E-state index contributed by atoms with van der Waals surface area (Å²) in [7, 11) is 0. The molecule has 2 aromatic rings. The molecular formula is C19H24O2. The number of rotatable bonds is 5. The van der Waals surface area contributed by atoms with E-state index in [9.17, 15) is 5.11 Å². The quantitative estimate of drug-likeness (QED) is 0.801. The molecule has 0 aliphatic rings. The number of aliphatic hydroxyl groups is 1. The monoisotopic (exact) mass is 284 g/mol. The van der Waals surface area contributed by atoms with Crippen LogP contribution in [0.25, 0.3) is 0 Å². The van der Waals surface area contributed by atoms with Gasteiger partial charge in [0, 0.05) is 5.56 Å². The minimum Gasteiger partial charge on any atom is -0.457 e. The SMILES string of the molecule is CC[C@@H](O)c1ccccc1Oc1ccc(C(C)C)c(C)c1. The van der Waals surface area contributed by atoms with Crippen molar-refractivity contribution in [2.75, 3.05) is 0 Å². The number of para-hydroxylation sites is 1. The Kier molecular flexibility index (Phi) is 5.03. The van der Waals surface area contributed by atoms with Gasteiger partial charge in [0.15, 0.2) is 0 Å². The van der Waals surface area contributed by atoms with E-state index >= 15 is 0 Å². The second kappa shape index (κ2) is 6.77. The molecule has 0 aliphatic carbocycles. The molecule has 2 rings (SSSR count). The third-order valence-corrected chi connectivity index (χ3v) is 3.76. The topological polar surface area (TPSA) is 29.5 Å². The Labute approximate surface area is 127 Å². The molecular weight excluding hydrogens is 260 g/mol. The molecule has 2 aromatic carbocycles. The molecule has 1 N–H and O–H groups in total. The lowest BCUT2D eigenvalue weighted by molar-refractivity contribution is 0.170. The third-order valence-electron chi connectivity index (χ3n) is 3.76. The van der Waals surface area contributed by atoms with Gasteiger partial charge in [0.05, 0.1) is 6.10 Å². The van der Waals surface area contributed by atoms with Gasteiger partial charge in [-0.15, -0.1) is 0 Å². The van der Waals surface area contributed by atoms with E-state index in [-0.39, 0.29) is 0 Å². The molecule has 0 unspecified atom stereocenters. The molecule has 0 saturated heterocycles. The van der Waals surface area contributed by atoms with Crippen LogP contribution in [0.4, 0.5) is 0 Å². The predicted molar refractivity (Wildman–Crippen MR) is 87.0 cm³/mol. The van der Waals surface area contributed by atoms with Crippen molar-refractivity contribution >= 4 is 0 Å². The molecule has 0 aromatic heterocycles. The summed E-state index contributed by atoms with van der Waals surface area (Å²) in [5.41, 5.74) is 3.41. The fraction of sp³-hybridized carbons (Fsp3) is 0.368. The Morgan fingerprint density at radius 3 is 2.38 bits per heavy atom. The van der Waals surface area contributed by atoms with Crippen molar-refractivity contribution in [2.45, 2.75) is 46.1 Å². The lowest BCUT2D eigenvalue weighted by Gasteiger charge is -2.16. The van der Waals surface area contributed by atoms with Crippen LogP contribution in [-0.2, 0) is 0 Å². The largest absolute Gasteiger partial charge is 0.457 e. The van der Waals surface area contributed by atoms with Gasteiger partial charge in [0.25, 0.3) is 0 Å². The number of aliphatic hydroxyl groups excluding tert-OH is 1. The fourth-order valence-corrected chi connectivity index (χ4v) is 2.56. The Morgan fingerprint density at radius 2 is 1.76 bits per heavy atom.